The van der Waals surface area contributed by atoms with Crippen LogP contribution in [0.5, 0.6) is 5.88 Å². The summed E-state index contributed by atoms with van der Waals surface area (Å²) in [5.41, 5.74) is 0. The molecule has 1 aliphatic rings. The van der Waals surface area contributed by atoms with Gasteiger partial charge in [0.05, 0.1) is 32.5 Å². The number of hydrogen-bond acceptors (Lipinski definition) is 6. The predicted molar refractivity (Wildman–Crippen MR) is 65.5 cm³/mol. The van der Waals surface area contributed by atoms with Crippen molar-refractivity contribution in [2.75, 3.05) is 32.2 Å². The van der Waals surface area contributed by atoms with Gasteiger partial charge < -0.3 is 14.4 Å². The number of nitrogens with zero attached hydrogens (tertiary/aromatic N) is 3. The van der Waals surface area contributed by atoms with Crippen molar-refractivity contribution < 1.29 is 14.3 Å². The first-order valence-corrected chi connectivity index (χ1v) is 5.93. The van der Waals surface area contributed by atoms with Gasteiger partial charge in [-0.2, -0.15) is 4.98 Å². The van der Waals surface area contributed by atoms with Gasteiger partial charge in [-0.05, 0) is 12.8 Å². The Bertz CT molecular complexity index is 425. The van der Waals surface area contributed by atoms with Gasteiger partial charge in [0.15, 0.2) is 5.82 Å². The first-order chi connectivity index (χ1) is 8.74. The van der Waals surface area contributed by atoms with Crippen molar-refractivity contribution in [1.82, 2.24) is 9.97 Å². The molecule has 6 heteroatoms. The van der Waals surface area contributed by atoms with Crippen molar-refractivity contribution in [3.63, 3.8) is 0 Å². The third-order valence-corrected chi connectivity index (χ3v) is 3.09. The zero-order valence-corrected chi connectivity index (χ0v) is 10.6. The van der Waals surface area contributed by atoms with Gasteiger partial charge >= 0.3 is 5.97 Å². The minimum atomic E-state index is -0.157. The van der Waals surface area contributed by atoms with E-state index < -0.39 is 0 Å². The van der Waals surface area contributed by atoms with Crippen LogP contribution < -0.4 is 9.64 Å². The topological polar surface area (TPSA) is 64.5 Å². The highest BCUT2D eigenvalue weighted by molar-refractivity contribution is 5.73. The highest BCUT2D eigenvalue weighted by atomic mass is 16.5. The molecule has 1 fully saturated rings. The van der Waals surface area contributed by atoms with Gasteiger partial charge in [0.1, 0.15) is 0 Å². The Morgan fingerprint density at radius 1 is 1.44 bits per heavy atom. The van der Waals surface area contributed by atoms with Crippen molar-refractivity contribution >= 4 is 11.8 Å². The van der Waals surface area contributed by atoms with Gasteiger partial charge in [-0.15, -0.1) is 0 Å². The van der Waals surface area contributed by atoms with Crippen LogP contribution in [-0.4, -0.2) is 43.2 Å². The van der Waals surface area contributed by atoms with Crippen LogP contribution in [0.25, 0.3) is 0 Å². The molecule has 18 heavy (non-hydrogen) atoms. The maximum atomic E-state index is 11.6. The molecule has 1 aromatic heterocycles. The molecule has 0 bridgehead atoms. The summed E-state index contributed by atoms with van der Waals surface area (Å²) in [5.74, 6) is 0.975. The fourth-order valence-electron chi connectivity index (χ4n) is 2.13. The number of methoxy groups -OCH3 is 2. The van der Waals surface area contributed by atoms with Crippen LogP contribution in [0.4, 0.5) is 5.82 Å². The minimum absolute atomic E-state index is 0.0863. The Morgan fingerprint density at radius 2 is 2.28 bits per heavy atom. The molecule has 0 saturated carbocycles. The van der Waals surface area contributed by atoms with Crippen LogP contribution in [0.1, 0.15) is 12.8 Å². The molecule has 0 aliphatic carbocycles. The molecule has 98 valence electrons. The molecule has 1 aromatic rings. The van der Waals surface area contributed by atoms with Crippen molar-refractivity contribution in [2.24, 2.45) is 5.92 Å². The quantitative estimate of drug-likeness (QED) is 0.743. The van der Waals surface area contributed by atoms with Gasteiger partial charge in [-0.25, -0.2) is 0 Å². The lowest BCUT2D eigenvalue weighted by molar-refractivity contribution is -0.145. The van der Waals surface area contributed by atoms with Gasteiger partial charge in [-0.1, -0.05) is 0 Å². The fourth-order valence-corrected chi connectivity index (χ4v) is 2.13. The van der Waals surface area contributed by atoms with E-state index in [0.717, 1.165) is 25.2 Å². The summed E-state index contributed by atoms with van der Waals surface area (Å²) in [7, 11) is 2.98. The van der Waals surface area contributed by atoms with E-state index in [0.29, 0.717) is 12.4 Å². The standard InChI is InChI=1S/C12H17N3O3/c1-17-11-7-13-6-10(14-11)15-5-3-4-9(8-15)12(16)18-2/h6-7,9H,3-5,8H2,1-2H3. The van der Waals surface area contributed by atoms with E-state index in [-0.39, 0.29) is 11.9 Å². The smallest absolute Gasteiger partial charge is 0.310 e. The average molecular weight is 251 g/mol. The number of aromatic nitrogens is 2. The van der Waals surface area contributed by atoms with Gasteiger partial charge in [0.2, 0.25) is 5.88 Å². The normalized spacial score (nSPS) is 19.4. The first kappa shape index (κ1) is 12.6. The molecule has 1 aliphatic heterocycles. The Kier molecular flexibility index (Phi) is 3.96. The lowest BCUT2D eigenvalue weighted by atomic mass is 9.98. The maximum Gasteiger partial charge on any atom is 0.310 e. The van der Waals surface area contributed by atoms with Gasteiger partial charge in [-0.3, -0.25) is 9.78 Å². The Morgan fingerprint density at radius 3 is 3.00 bits per heavy atom. The molecule has 0 amide bonds. The van der Waals surface area contributed by atoms with E-state index in [9.17, 15) is 4.79 Å². The summed E-state index contributed by atoms with van der Waals surface area (Å²) < 4.78 is 9.84. The zero-order valence-electron chi connectivity index (χ0n) is 10.6. The van der Waals surface area contributed by atoms with E-state index in [1.807, 2.05) is 4.90 Å². The fraction of sp³-hybridized carbons (Fsp3) is 0.583. The third-order valence-electron chi connectivity index (χ3n) is 3.09. The van der Waals surface area contributed by atoms with Crippen LogP contribution in [0.2, 0.25) is 0 Å². The SMILES string of the molecule is COC(=O)C1CCCN(c2cncc(OC)n2)C1. The molecule has 1 unspecified atom stereocenters. The van der Waals surface area contributed by atoms with E-state index in [1.54, 1.807) is 19.5 Å². The van der Waals surface area contributed by atoms with Crippen molar-refractivity contribution in [1.29, 1.82) is 0 Å². The summed E-state index contributed by atoms with van der Waals surface area (Å²) >= 11 is 0. The molecule has 6 nitrogen and oxygen atoms in total. The van der Waals surface area contributed by atoms with Crippen molar-refractivity contribution in [3.05, 3.63) is 12.4 Å². The lowest BCUT2D eigenvalue weighted by Gasteiger charge is -2.31. The van der Waals surface area contributed by atoms with E-state index in [2.05, 4.69) is 9.97 Å². The highest BCUT2D eigenvalue weighted by Gasteiger charge is 2.27. The summed E-state index contributed by atoms with van der Waals surface area (Å²) in [5, 5.41) is 0. The number of ether oxygens (including phenoxy) is 2. The molecule has 1 atom stereocenters. The van der Waals surface area contributed by atoms with Gasteiger partial charge in [0.25, 0.3) is 0 Å². The number of rotatable bonds is 3. The van der Waals surface area contributed by atoms with Crippen LogP contribution in [0, 0.1) is 5.92 Å². The molecule has 2 heterocycles. The number of piperidine rings is 1. The van der Waals surface area contributed by atoms with Crippen LogP contribution in [-0.2, 0) is 9.53 Å². The molecular weight excluding hydrogens is 234 g/mol. The Hall–Kier alpha value is -1.85. The Balaban J connectivity index is 2.10. The average Bonchev–Trinajstić information content (AvgIpc) is 2.46. The highest BCUT2D eigenvalue weighted by Crippen LogP contribution is 2.23. The number of hydrogen-bond donors (Lipinski definition) is 0. The molecule has 0 aromatic carbocycles. The summed E-state index contributed by atoms with van der Waals surface area (Å²) in [6.45, 7) is 1.49. The summed E-state index contributed by atoms with van der Waals surface area (Å²) in [6, 6.07) is 0. The van der Waals surface area contributed by atoms with E-state index in [4.69, 9.17) is 9.47 Å². The maximum absolute atomic E-state index is 11.6. The van der Waals surface area contributed by atoms with Crippen molar-refractivity contribution in [2.45, 2.75) is 12.8 Å². The number of esters is 1. The van der Waals surface area contributed by atoms with Gasteiger partial charge in [0, 0.05) is 13.1 Å². The largest absolute Gasteiger partial charge is 0.480 e. The zero-order chi connectivity index (χ0) is 13.0. The summed E-state index contributed by atoms with van der Waals surface area (Å²) in [4.78, 5) is 22.0. The lowest BCUT2D eigenvalue weighted by Crippen LogP contribution is -2.39. The molecule has 2 rings (SSSR count). The van der Waals surface area contributed by atoms with E-state index >= 15 is 0 Å². The Labute approximate surface area is 106 Å². The molecular formula is C12H17N3O3. The van der Waals surface area contributed by atoms with Crippen LogP contribution >= 0.6 is 0 Å². The molecule has 0 spiro atoms. The predicted octanol–water partition coefficient (Wildman–Crippen LogP) is 0.875. The minimum Gasteiger partial charge on any atom is -0.480 e. The van der Waals surface area contributed by atoms with Crippen molar-refractivity contribution in [3.8, 4) is 5.88 Å². The van der Waals surface area contributed by atoms with Crippen LogP contribution in [0.15, 0.2) is 12.4 Å². The monoisotopic (exact) mass is 251 g/mol. The second-order valence-corrected chi connectivity index (χ2v) is 4.23. The third kappa shape index (κ3) is 2.69. The van der Waals surface area contributed by atoms with Crippen LogP contribution in [0.3, 0.4) is 0 Å². The molecule has 1 saturated heterocycles. The van der Waals surface area contributed by atoms with E-state index in [1.165, 1.54) is 7.11 Å². The number of carbonyl (C=O) groups excluding carboxylic acids is 1. The molecule has 0 radical (unpaired) electrons. The summed E-state index contributed by atoms with van der Waals surface area (Å²) in [6.07, 6.45) is 5.05. The number of carbonyl (C=O) groups is 1. The second-order valence-electron chi connectivity index (χ2n) is 4.23. The second kappa shape index (κ2) is 5.66. The molecule has 0 N–H and O–H groups in total. The number of anilines is 1. The first-order valence-electron chi connectivity index (χ1n) is 5.93.